The molecule has 1 aliphatic rings. The van der Waals surface area contributed by atoms with E-state index < -0.39 is 0 Å². The average Bonchev–Trinajstić information content (AvgIpc) is 3.48. The summed E-state index contributed by atoms with van der Waals surface area (Å²) in [5.74, 6) is 1.11. The van der Waals surface area contributed by atoms with E-state index in [0.717, 1.165) is 16.8 Å². The average molecular weight is 425 g/mol. The topological polar surface area (TPSA) is 84.2 Å². The zero-order chi connectivity index (χ0) is 21.2. The van der Waals surface area contributed by atoms with Crippen molar-refractivity contribution in [2.45, 2.75) is 0 Å². The van der Waals surface area contributed by atoms with Gasteiger partial charge in [0.15, 0.2) is 16.6 Å². The summed E-state index contributed by atoms with van der Waals surface area (Å²) in [7, 11) is 0. The van der Waals surface area contributed by atoms with Crippen molar-refractivity contribution < 1.29 is 14.3 Å². The lowest BCUT2D eigenvalue weighted by Crippen LogP contribution is -2.13. The highest BCUT2D eigenvalue weighted by Gasteiger charge is 2.18. The second kappa shape index (κ2) is 7.94. The van der Waals surface area contributed by atoms with E-state index in [1.165, 1.54) is 11.3 Å². The molecule has 0 fully saturated rings. The Morgan fingerprint density at radius 1 is 1.00 bits per heavy atom. The molecule has 1 aliphatic heterocycles. The Bertz CT molecular complexity index is 1340. The second-order valence-electron chi connectivity index (χ2n) is 6.76. The van der Waals surface area contributed by atoms with Crippen molar-refractivity contribution >= 4 is 22.4 Å². The van der Waals surface area contributed by atoms with E-state index >= 15 is 0 Å². The fourth-order valence-electron chi connectivity index (χ4n) is 3.42. The predicted molar refractivity (Wildman–Crippen MR) is 118 cm³/mol. The van der Waals surface area contributed by atoms with Crippen molar-refractivity contribution in [2.75, 3.05) is 12.1 Å². The third-order valence-corrected chi connectivity index (χ3v) is 5.66. The number of amides is 1. The fourth-order valence-corrected chi connectivity index (χ4v) is 4.13. The lowest BCUT2D eigenvalue weighted by molar-refractivity contribution is 0.102. The number of aromatic nitrogens is 1. The minimum absolute atomic E-state index is 0.214. The predicted octanol–water partition coefficient (Wildman–Crippen LogP) is 5.33. The van der Waals surface area contributed by atoms with Gasteiger partial charge in [-0.2, -0.15) is 5.26 Å². The highest BCUT2D eigenvalue weighted by atomic mass is 32.1. The number of ether oxygens (including phenoxy) is 2. The van der Waals surface area contributed by atoms with Crippen molar-refractivity contribution in [3.63, 3.8) is 0 Å². The second-order valence-corrected chi connectivity index (χ2v) is 7.62. The third kappa shape index (κ3) is 3.61. The summed E-state index contributed by atoms with van der Waals surface area (Å²) in [5.41, 5.74) is 4.03. The number of rotatable bonds is 4. The van der Waals surface area contributed by atoms with E-state index in [-0.39, 0.29) is 12.7 Å². The minimum atomic E-state index is -0.282. The smallest absolute Gasteiger partial charge is 0.258 e. The molecular weight excluding hydrogens is 410 g/mol. The van der Waals surface area contributed by atoms with Gasteiger partial charge >= 0.3 is 0 Å². The van der Waals surface area contributed by atoms with Crippen LogP contribution < -0.4 is 14.8 Å². The summed E-state index contributed by atoms with van der Waals surface area (Å²) in [6.07, 6.45) is 0. The number of thiazole rings is 1. The molecule has 6 nitrogen and oxygen atoms in total. The molecule has 0 aliphatic carbocycles. The molecule has 1 amide bonds. The van der Waals surface area contributed by atoms with E-state index in [1.54, 1.807) is 24.3 Å². The molecule has 150 valence electrons. The van der Waals surface area contributed by atoms with Crippen LogP contribution in [0.3, 0.4) is 0 Å². The van der Waals surface area contributed by atoms with Gasteiger partial charge in [0, 0.05) is 22.1 Å². The maximum absolute atomic E-state index is 13.0. The molecule has 4 aromatic rings. The Balaban J connectivity index is 1.42. The molecule has 2 heterocycles. The summed E-state index contributed by atoms with van der Waals surface area (Å²) in [5, 5.41) is 14.7. The molecule has 0 radical (unpaired) electrons. The summed E-state index contributed by atoms with van der Waals surface area (Å²) < 4.78 is 10.8. The fraction of sp³-hybridized carbons (Fsp3) is 0.0417. The Labute approximate surface area is 182 Å². The van der Waals surface area contributed by atoms with Crippen LogP contribution in [0.4, 0.5) is 5.13 Å². The molecule has 7 heteroatoms. The van der Waals surface area contributed by atoms with Crippen LogP contribution in [-0.4, -0.2) is 17.7 Å². The van der Waals surface area contributed by atoms with Crippen LogP contribution in [0.2, 0.25) is 0 Å². The molecular formula is C24H15N3O3S. The summed E-state index contributed by atoms with van der Waals surface area (Å²) in [6, 6.07) is 22.3. The van der Waals surface area contributed by atoms with E-state index in [1.807, 2.05) is 47.8 Å². The van der Waals surface area contributed by atoms with E-state index in [9.17, 15) is 10.1 Å². The first kappa shape index (κ1) is 18.9. The largest absolute Gasteiger partial charge is 0.454 e. The number of fused-ring (bicyclic) bond motifs is 1. The Morgan fingerprint density at radius 3 is 2.65 bits per heavy atom. The Hall–Kier alpha value is -4.15. The highest BCUT2D eigenvalue weighted by Crippen LogP contribution is 2.36. The number of benzene rings is 3. The SMILES string of the molecule is N#Cc1ccccc1-c1ccccc1C(=O)Nc1nc(-c2ccc3c(c2)OCO3)cs1. The van der Waals surface area contributed by atoms with Crippen LogP contribution in [-0.2, 0) is 0 Å². The van der Waals surface area contributed by atoms with Gasteiger partial charge in [-0.05, 0) is 35.9 Å². The molecule has 0 saturated heterocycles. The Morgan fingerprint density at radius 2 is 1.77 bits per heavy atom. The first-order chi connectivity index (χ1) is 15.2. The van der Waals surface area contributed by atoms with Crippen LogP contribution in [0.5, 0.6) is 11.5 Å². The number of hydrogen-bond donors (Lipinski definition) is 1. The molecule has 31 heavy (non-hydrogen) atoms. The van der Waals surface area contributed by atoms with Gasteiger partial charge in [0.1, 0.15) is 0 Å². The lowest BCUT2D eigenvalue weighted by Gasteiger charge is -2.10. The molecule has 0 spiro atoms. The van der Waals surface area contributed by atoms with Crippen molar-refractivity contribution in [3.8, 4) is 40.0 Å². The van der Waals surface area contributed by atoms with Gasteiger partial charge in [0.25, 0.3) is 5.91 Å². The maximum atomic E-state index is 13.0. The maximum Gasteiger partial charge on any atom is 0.258 e. The number of carbonyl (C=O) groups excluding carboxylic acids is 1. The zero-order valence-corrected chi connectivity index (χ0v) is 17.0. The summed E-state index contributed by atoms with van der Waals surface area (Å²) >= 11 is 1.34. The molecule has 5 rings (SSSR count). The van der Waals surface area contributed by atoms with Crippen molar-refractivity contribution in [2.24, 2.45) is 0 Å². The number of nitrogens with one attached hydrogen (secondary N) is 1. The standard InChI is InChI=1S/C24H15N3O3S/c25-12-16-5-1-2-6-17(16)18-7-3-4-8-19(18)23(28)27-24-26-20(13-31-24)15-9-10-21-22(11-15)30-14-29-21/h1-11,13H,14H2,(H,26,27,28). The van der Waals surface area contributed by atoms with Crippen LogP contribution in [0, 0.1) is 11.3 Å². The van der Waals surface area contributed by atoms with Crippen LogP contribution in [0.15, 0.2) is 72.1 Å². The highest BCUT2D eigenvalue weighted by molar-refractivity contribution is 7.14. The normalized spacial score (nSPS) is 11.7. The van der Waals surface area contributed by atoms with Crippen LogP contribution in [0.25, 0.3) is 22.4 Å². The third-order valence-electron chi connectivity index (χ3n) is 4.90. The lowest BCUT2D eigenvalue weighted by atomic mass is 9.95. The minimum Gasteiger partial charge on any atom is -0.454 e. The van der Waals surface area contributed by atoms with Gasteiger partial charge in [0.05, 0.1) is 17.3 Å². The molecule has 0 unspecified atom stereocenters. The molecule has 1 aromatic heterocycles. The molecule has 1 N–H and O–H groups in total. The quantitative estimate of drug-likeness (QED) is 0.478. The summed E-state index contributed by atoms with van der Waals surface area (Å²) in [6.45, 7) is 0.214. The van der Waals surface area contributed by atoms with Crippen molar-refractivity contribution in [3.05, 3.63) is 83.2 Å². The number of carbonyl (C=O) groups is 1. The molecule has 0 bridgehead atoms. The number of nitriles is 1. The van der Waals surface area contributed by atoms with Crippen LogP contribution in [0.1, 0.15) is 15.9 Å². The van der Waals surface area contributed by atoms with Gasteiger partial charge in [-0.15, -0.1) is 11.3 Å². The number of hydrogen-bond acceptors (Lipinski definition) is 6. The monoisotopic (exact) mass is 425 g/mol. The molecule has 0 atom stereocenters. The first-order valence-corrected chi connectivity index (χ1v) is 10.4. The van der Waals surface area contributed by atoms with Gasteiger partial charge in [-0.3, -0.25) is 10.1 Å². The number of nitrogens with zero attached hydrogens (tertiary/aromatic N) is 2. The Kier molecular flexibility index (Phi) is 4.83. The van der Waals surface area contributed by atoms with Gasteiger partial charge < -0.3 is 9.47 Å². The van der Waals surface area contributed by atoms with Gasteiger partial charge in [-0.25, -0.2) is 4.98 Å². The zero-order valence-electron chi connectivity index (χ0n) is 16.2. The van der Waals surface area contributed by atoms with Crippen LogP contribution >= 0.6 is 11.3 Å². The van der Waals surface area contributed by atoms with Gasteiger partial charge in [0.2, 0.25) is 6.79 Å². The molecule has 3 aromatic carbocycles. The number of anilines is 1. The van der Waals surface area contributed by atoms with E-state index in [0.29, 0.717) is 33.3 Å². The van der Waals surface area contributed by atoms with E-state index in [2.05, 4.69) is 16.4 Å². The summed E-state index contributed by atoms with van der Waals surface area (Å²) in [4.78, 5) is 17.6. The van der Waals surface area contributed by atoms with Crippen molar-refractivity contribution in [1.29, 1.82) is 5.26 Å². The van der Waals surface area contributed by atoms with Crippen molar-refractivity contribution in [1.82, 2.24) is 4.98 Å². The van der Waals surface area contributed by atoms with Gasteiger partial charge in [-0.1, -0.05) is 36.4 Å². The van der Waals surface area contributed by atoms with E-state index in [4.69, 9.17) is 9.47 Å². The first-order valence-electron chi connectivity index (χ1n) is 9.48. The molecule has 0 saturated carbocycles.